The highest BCUT2D eigenvalue weighted by atomic mass is 79.9. The monoisotopic (exact) mass is 395 g/mol. The summed E-state index contributed by atoms with van der Waals surface area (Å²) in [6.45, 7) is 4.47. The van der Waals surface area contributed by atoms with Crippen molar-refractivity contribution in [3.8, 4) is 0 Å². The van der Waals surface area contributed by atoms with Gasteiger partial charge in [-0.1, -0.05) is 65.3 Å². The van der Waals surface area contributed by atoms with Crippen LogP contribution in [0, 0.1) is 0 Å². The second kappa shape index (κ2) is 8.08. The quantitative estimate of drug-likeness (QED) is 0.677. The summed E-state index contributed by atoms with van der Waals surface area (Å²) in [5.74, 6) is 0.0364. The van der Waals surface area contributed by atoms with E-state index in [9.17, 15) is 8.42 Å². The first kappa shape index (κ1) is 18.2. The number of rotatable bonds is 7. The van der Waals surface area contributed by atoms with E-state index in [1.165, 1.54) is 0 Å². The van der Waals surface area contributed by atoms with Crippen molar-refractivity contribution in [3.05, 3.63) is 70.2 Å². The molecule has 5 heteroatoms. The van der Waals surface area contributed by atoms with E-state index in [4.69, 9.17) is 0 Å². The summed E-state index contributed by atoms with van der Waals surface area (Å²) >= 11 is 3.41. The smallest absolute Gasteiger partial charge is 0.212 e. The summed E-state index contributed by atoms with van der Waals surface area (Å²) < 4.78 is 28.4. The van der Waals surface area contributed by atoms with Gasteiger partial charge in [-0.2, -0.15) is 4.31 Å². The first-order valence-corrected chi connectivity index (χ1v) is 10.1. The van der Waals surface area contributed by atoms with E-state index in [2.05, 4.69) is 15.9 Å². The van der Waals surface area contributed by atoms with Crippen molar-refractivity contribution in [3.63, 3.8) is 0 Å². The van der Waals surface area contributed by atoms with Gasteiger partial charge >= 0.3 is 0 Å². The summed E-state index contributed by atoms with van der Waals surface area (Å²) in [7, 11) is -3.37. The number of benzene rings is 2. The van der Waals surface area contributed by atoms with Crippen LogP contribution >= 0.6 is 15.9 Å². The summed E-state index contributed by atoms with van der Waals surface area (Å²) in [6.07, 6.45) is 0.787. The van der Waals surface area contributed by atoms with Crippen LogP contribution in [0.3, 0.4) is 0 Å². The molecule has 1 atom stereocenters. The lowest BCUT2D eigenvalue weighted by molar-refractivity contribution is 0.342. The molecule has 0 fully saturated rings. The van der Waals surface area contributed by atoms with Gasteiger partial charge in [-0.25, -0.2) is 8.42 Å². The van der Waals surface area contributed by atoms with E-state index in [1.807, 2.05) is 68.4 Å². The van der Waals surface area contributed by atoms with Gasteiger partial charge < -0.3 is 0 Å². The van der Waals surface area contributed by atoms with E-state index in [-0.39, 0.29) is 11.8 Å². The summed E-state index contributed by atoms with van der Waals surface area (Å²) in [4.78, 5) is 0. The fourth-order valence-electron chi connectivity index (χ4n) is 2.57. The third kappa shape index (κ3) is 4.90. The van der Waals surface area contributed by atoms with Crippen LogP contribution in [0.5, 0.6) is 0 Å². The molecule has 0 aliphatic heterocycles. The SMILES string of the molecule is CCCN([C@@H](C)c1ccc(Br)cc1)S(=O)(=O)Cc1ccccc1. The molecule has 0 aliphatic carbocycles. The van der Waals surface area contributed by atoms with E-state index in [0.717, 1.165) is 22.0 Å². The zero-order valence-electron chi connectivity index (χ0n) is 13.4. The van der Waals surface area contributed by atoms with Gasteiger partial charge in [0.1, 0.15) is 0 Å². The van der Waals surface area contributed by atoms with Gasteiger partial charge in [0.05, 0.1) is 5.75 Å². The molecule has 2 rings (SSSR count). The standard InChI is InChI=1S/C18H22BrNO2S/c1-3-13-20(15(2)17-9-11-18(19)12-10-17)23(21,22)14-16-7-5-4-6-8-16/h4-12,15H,3,13-14H2,1-2H3/t15-/m0/s1. The maximum absolute atomic E-state index is 12.9. The number of hydrogen-bond donors (Lipinski definition) is 0. The Balaban J connectivity index is 2.27. The Bertz CT molecular complexity index is 714. The van der Waals surface area contributed by atoms with Crippen molar-refractivity contribution in [2.45, 2.75) is 32.1 Å². The molecular weight excluding hydrogens is 374 g/mol. The zero-order chi connectivity index (χ0) is 16.9. The first-order chi connectivity index (χ1) is 10.9. The van der Waals surface area contributed by atoms with Crippen LogP contribution in [0.1, 0.15) is 37.4 Å². The van der Waals surface area contributed by atoms with E-state index >= 15 is 0 Å². The Labute approximate surface area is 147 Å². The fourth-order valence-corrected chi connectivity index (χ4v) is 4.68. The van der Waals surface area contributed by atoms with Crippen molar-refractivity contribution in [2.75, 3.05) is 6.54 Å². The van der Waals surface area contributed by atoms with Gasteiger partial charge in [0.2, 0.25) is 10.0 Å². The van der Waals surface area contributed by atoms with Gasteiger partial charge in [0.15, 0.2) is 0 Å². The van der Waals surface area contributed by atoms with Gasteiger partial charge in [-0.05, 0) is 36.6 Å². The van der Waals surface area contributed by atoms with Crippen molar-refractivity contribution >= 4 is 26.0 Å². The van der Waals surface area contributed by atoms with E-state index in [0.29, 0.717) is 6.54 Å². The molecule has 0 bridgehead atoms. The Hall–Kier alpha value is -1.17. The van der Waals surface area contributed by atoms with Gasteiger partial charge in [-0.15, -0.1) is 0 Å². The predicted octanol–water partition coefficient (Wildman–Crippen LogP) is 4.75. The largest absolute Gasteiger partial charge is 0.218 e. The van der Waals surface area contributed by atoms with Crippen molar-refractivity contribution in [2.24, 2.45) is 0 Å². The second-order valence-electron chi connectivity index (χ2n) is 5.58. The maximum Gasteiger partial charge on any atom is 0.218 e. The first-order valence-electron chi connectivity index (χ1n) is 7.73. The Morgan fingerprint density at radius 3 is 2.22 bits per heavy atom. The molecule has 0 heterocycles. The minimum Gasteiger partial charge on any atom is -0.212 e. The van der Waals surface area contributed by atoms with Crippen LogP contribution in [-0.2, 0) is 15.8 Å². The number of sulfonamides is 1. The lowest BCUT2D eigenvalue weighted by Crippen LogP contribution is -2.35. The molecule has 2 aromatic carbocycles. The molecule has 2 aromatic rings. The Morgan fingerprint density at radius 2 is 1.65 bits per heavy atom. The molecule has 0 saturated carbocycles. The van der Waals surface area contributed by atoms with Crippen LogP contribution in [-0.4, -0.2) is 19.3 Å². The predicted molar refractivity (Wildman–Crippen MR) is 98.6 cm³/mol. The lowest BCUT2D eigenvalue weighted by Gasteiger charge is -2.28. The molecule has 124 valence electrons. The zero-order valence-corrected chi connectivity index (χ0v) is 15.8. The van der Waals surface area contributed by atoms with Crippen molar-refractivity contribution in [1.29, 1.82) is 0 Å². The molecule has 23 heavy (non-hydrogen) atoms. The normalized spacial score (nSPS) is 13.2. The van der Waals surface area contributed by atoms with Gasteiger partial charge in [0.25, 0.3) is 0 Å². The van der Waals surface area contributed by atoms with Crippen LogP contribution in [0.4, 0.5) is 0 Å². The average molecular weight is 396 g/mol. The molecule has 0 N–H and O–H groups in total. The van der Waals surface area contributed by atoms with E-state index in [1.54, 1.807) is 4.31 Å². The number of nitrogens with zero attached hydrogens (tertiary/aromatic N) is 1. The van der Waals surface area contributed by atoms with Crippen LogP contribution in [0.25, 0.3) is 0 Å². The second-order valence-corrected chi connectivity index (χ2v) is 8.42. The topological polar surface area (TPSA) is 37.4 Å². The lowest BCUT2D eigenvalue weighted by atomic mass is 10.1. The highest BCUT2D eigenvalue weighted by Crippen LogP contribution is 2.26. The third-order valence-electron chi connectivity index (χ3n) is 3.78. The molecule has 0 radical (unpaired) electrons. The maximum atomic E-state index is 12.9. The third-order valence-corrected chi connectivity index (χ3v) is 6.22. The van der Waals surface area contributed by atoms with Crippen molar-refractivity contribution < 1.29 is 8.42 Å². The van der Waals surface area contributed by atoms with Crippen LogP contribution in [0.2, 0.25) is 0 Å². The fraction of sp³-hybridized carbons (Fsp3) is 0.333. The minimum atomic E-state index is -3.37. The van der Waals surface area contributed by atoms with Crippen LogP contribution in [0.15, 0.2) is 59.1 Å². The highest BCUT2D eigenvalue weighted by Gasteiger charge is 2.27. The van der Waals surface area contributed by atoms with E-state index < -0.39 is 10.0 Å². The molecular formula is C18H22BrNO2S. The van der Waals surface area contributed by atoms with Gasteiger partial charge in [-0.3, -0.25) is 0 Å². The molecule has 0 amide bonds. The van der Waals surface area contributed by atoms with Gasteiger partial charge in [0, 0.05) is 17.1 Å². The van der Waals surface area contributed by atoms with Crippen LogP contribution < -0.4 is 0 Å². The number of halogens is 1. The molecule has 0 saturated heterocycles. The number of hydrogen-bond acceptors (Lipinski definition) is 2. The summed E-state index contributed by atoms with van der Waals surface area (Å²) in [5, 5.41) is 0. The summed E-state index contributed by atoms with van der Waals surface area (Å²) in [5.41, 5.74) is 1.81. The molecule has 0 unspecified atom stereocenters. The molecule has 0 aromatic heterocycles. The highest BCUT2D eigenvalue weighted by molar-refractivity contribution is 9.10. The van der Waals surface area contributed by atoms with Crippen molar-refractivity contribution in [1.82, 2.24) is 4.31 Å². The molecule has 3 nitrogen and oxygen atoms in total. The average Bonchev–Trinajstić information content (AvgIpc) is 2.53. The molecule has 0 aliphatic rings. The Morgan fingerprint density at radius 1 is 1.04 bits per heavy atom. The Kier molecular flexibility index (Phi) is 6.39. The summed E-state index contributed by atoms with van der Waals surface area (Å²) in [6, 6.07) is 17.0. The molecule has 0 spiro atoms. The minimum absolute atomic E-state index is 0.0364.